The Hall–Kier alpha value is -0.730. The molecule has 0 rings (SSSR count). The van der Waals surface area contributed by atoms with Crippen molar-refractivity contribution >= 4 is 14.0 Å². The fourth-order valence-electron chi connectivity index (χ4n) is 0.626. The van der Waals surface area contributed by atoms with E-state index in [1.165, 1.54) is 13.0 Å². The van der Waals surface area contributed by atoms with Gasteiger partial charge in [0.05, 0.1) is 0 Å². The van der Waals surface area contributed by atoms with E-state index in [0.29, 0.717) is 12.8 Å². The van der Waals surface area contributed by atoms with E-state index in [-0.39, 0.29) is 11.7 Å². The Morgan fingerprint density at radius 2 is 2.25 bits per heavy atom. The quantitative estimate of drug-likeness (QED) is 0.397. The molecule has 0 amide bonds. The first-order chi connectivity index (χ1) is 5.54. The molecule has 0 spiro atoms. The molecule has 0 radical (unpaired) electrons. The third-order valence-electron chi connectivity index (χ3n) is 1.33. The molecular weight excluding hydrogens is 179 g/mol. The summed E-state index contributed by atoms with van der Waals surface area (Å²) in [6.07, 6.45) is 2.64. The van der Waals surface area contributed by atoms with Crippen molar-refractivity contribution in [2.45, 2.75) is 19.8 Å². The van der Waals surface area contributed by atoms with Gasteiger partial charge in [0.15, 0.2) is 0 Å². The monoisotopic (exact) mass is 190 g/mol. The Bertz CT molecular complexity index is 209. The van der Waals surface area contributed by atoms with E-state index in [4.69, 9.17) is 5.11 Å². The molecule has 1 unspecified atom stereocenters. The van der Waals surface area contributed by atoms with Gasteiger partial charge in [0.2, 0.25) is 0 Å². The van der Waals surface area contributed by atoms with Crippen molar-refractivity contribution in [2.75, 3.05) is 6.16 Å². The number of hydrogen-bond acceptors (Lipinski definition) is 3. The van der Waals surface area contributed by atoms with Gasteiger partial charge in [-0.05, 0) is 19.8 Å². The van der Waals surface area contributed by atoms with Crippen molar-refractivity contribution in [1.82, 2.24) is 0 Å². The number of hydrogen-bond donors (Lipinski definition) is 1. The van der Waals surface area contributed by atoms with E-state index in [2.05, 4.69) is 0 Å². The van der Waals surface area contributed by atoms with Crippen LogP contribution >= 0.6 is 8.03 Å². The number of carboxylic acid groups (broad SMARTS) is 1. The highest BCUT2D eigenvalue weighted by Gasteiger charge is 2.00. The first-order valence-corrected chi connectivity index (χ1v) is 4.92. The number of unbranched alkanes of at least 4 members (excludes halogenated alkanes) is 1. The molecule has 0 heterocycles. The Labute approximate surface area is 71.8 Å². The van der Waals surface area contributed by atoms with Crippen LogP contribution in [0.15, 0.2) is 11.6 Å². The molecule has 68 valence electrons. The smallest absolute Gasteiger partial charge is 0.330 e. The molecule has 0 aromatic carbocycles. The van der Waals surface area contributed by atoms with Gasteiger partial charge in [-0.3, -0.25) is 0 Å². The van der Waals surface area contributed by atoms with Gasteiger partial charge in [0, 0.05) is 5.57 Å². The third kappa shape index (κ3) is 6.01. The van der Waals surface area contributed by atoms with Crippen molar-refractivity contribution in [3.05, 3.63) is 11.6 Å². The van der Waals surface area contributed by atoms with Crippen LogP contribution < -0.4 is 4.89 Å². The molecule has 0 saturated heterocycles. The summed E-state index contributed by atoms with van der Waals surface area (Å²) < 4.78 is 10.1. The third-order valence-corrected chi connectivity index (χ3v) is 2.01. The molecule has 0 aromatic heterocycles. The van der Waals surface area contributed by atoms with Gasteiger partial charge in [0.1, 0.15) is 6.16 Å². The van der Waals surface area contributed by atoms with Crippen LogP contribution in [0.3, 0.4) is 0 Å². The summed E-state index contributed by atoms with van der Waals surface area (Å²) in [6.45, 7) is 1.49. The molecule has 0 aliphatic carbocycles. The van der Waals surface area contributed by atoms with Crippen LogP contribution in [-0.2, 0) is 9.36 Å². The molecule has 0 saturated carbocycles. The molecule has 0 bridgehead atoms. The van der Waals surface area contributed by atoms with Crippen molar-refractivity contribution in [3.63, 3.8) is 0 Å². The second-order valence-corrected chi connectivity index (χ2v) is 3.50. The summed E-state index contributed by atoms with van der Waals surface area (Å²) in [6, 6.07) is 0. The summed E-state index contributed by atoms with van der Waals surface area (Å²) >= 11 is 0. The Kier molecular flexibility index (Phi) is 5.51. The van der Waals surface area contributed by atoms with E-state index in [1.54, 1.807) is 0 Å². The average Bonchev–Trinajstić information content (AvgIpc) is 1.97. The molecule has 0 aromatic rings. The first-order valence-electron chi connectivity index (χ1n) is 3.56. The second-order valence-electron chi connectivity index (χ2n) is 2.39. The number of rotatable bonds is 5. The zero-order valence-electron chi connectivity index (χ0n) is 6.82. The highest BCUT2D eigenvalue weighted by molar-refractivity contribution is 7.36. The molecule has 0 aliphatic heterocycles. The van der Waals surface area contributed by atoms with Gasteiger partial charge in [0.25, 0.3) is 0 Å². The highest BCUT2D eigenvalue weighted by atomic mass is 31.1. The predicted octanol–water partition coefficient (Wildman–Crippen LogP) is 0.900. The van der Waals surface area contributed by atoms with Gasteiger partial charge >= 0.3 is 14.0 Å². The lowest BCUT2D eigenvalue weighted by atomic mass is 10.2. The van der Waals surface area contributed by atoms with Crippen LogP contribution in [0.2, 0.25) is 0 Å². The molecule has 12 heavy (non-hydrogen) atoms. The summed E-state index contributed by atoms with van der Waals surface area (Å²) in [5.74, 6) is -0.957. The maximum atomic E-state index is 10.2. The van der Waals surface area contributed by atoms with E-state index in [9.17, 15) is 14.3 Å². The molecule has 4 nitrogen and oxygen atoms in total. The minimum Gasteiger partial charge on any atom is -0.596 e. The normalized spacial score (nSPS) is 12.8. The van der Waals surface area contributed by atoms with Gasteiger partial charge in [-0.15, -0.1) is 0 Å². The summed E-state index contributed by atoms with van der Waals surface area (Å²) in [5.41, 5.74) is 0.260. The van der Waals surface area contributed by atoms with Crippen molar-refractivity contribution in [3.8, 4) is 0 Å². The van der Waals surface area contributed by atoms with Gasteiger partial charge in [-0.25, -0.2) is 4.79 Å². The van der Waals surface area contributed by atoms with Gasteiger partial charge in [-0.2, -0.15) is 0 Å². The predicted molar refractivity (Wildman–Crippen MR) is 43.1 cm³/mol. The number of carboxylic acids is 1. The van der Waals surface area contributed by atoms with Gasteiger partial charge in [-0.1, -0.05) is 10.6 Å². The Morgan fingerprint density at radius 1 is 1.67 bits per heavy atom. The Morgan fingerprint density at radius 3 is 2.67 bits per heavy atom. The maximum absolute atomic E-state index is 10.2. The largest absolute Gasteiger partial charge is 0.596 e. The van der Waals surface area contributed by atoms with Crippen LogP contribution in [0.1, 0.15) is 19.8 Å². The van der Waals surface area contributed by atoms with Crippen molar-refractivity contribution in [1.29, 1.82) is 0 Å². The zero-order valence-corrected chi connectivity index (χ0v) is 7.71. The average molecular weight is 190 g/mol. The molecule has 5 heteroatoms. The fraction of sp³-hybridized carbons (Fsp3) is 0.571. The molecule has 1 N–H and O–H groups in total. The number of carbonyl (C=O) groups is 1. The molecule has 0 aliphatic rings. The first kappa shape index (κ1) is 11.3. The second kappa shape index (κ2) is 5.86. The maximum Gasteiger partial charge on any atom is 0.330 e. The topological polar surface area (TPSA) is 77.4 Å². The van der Waals surface area contributed by atoms with Crippen LogP contribution in [0, 0.1) is 0 Å². The van der Waals surface area contributed by atoms with E-state index >= 15 is 0 Å². The lowest BCUT2D eigenvalue weighted by molar-refractivity contribution is -0.164. The zero-order chi connectivity index (χ0) is 9.56. The fourth-order valence-corrected chi connectivity index (χ4v) is 1.07. The van der Waals surface area contributed by atoms with E-state index in [1.807, 2.05) is 0 Å². The van der Waals surface area contributed by atoms with Crippen LogP contribution in [0.25, 0.3) is 0 Å². The Balaban J connectivity index is 3.60. The van der Waals surface area contributed by atoms with Gasteiger partial charge < -0.3 is 10.00 Å². The summed E-state index contributed by atoms with van der Waals surface area (Å²) in [5, 5.41) is 8.40. The van der Waals surface area contributed by atoms with Crippen molar-refractivity contribution in [2.24, 2.45) is 0 Å². The molecular formula is C7H11O4P. The van der Waals surface area contributed by atoms with E-state index in [0.717, 1.165) is 0 Å². The number of allylic oxidation sites excluding steroid dienone is 1. The SMILES string of the molecule is CC(=CCCC[P+](=O)[O-])C(=O)O. The lowest BCUT2D eigenvalue weighted by Gasteiger charge is -1.92. The van der Waals surface area contributed by atoms with E-state index < -0.39 is 14.0 Å². The minimum absolute atomic E-state index is 0.124. The minimum atomic E-state index is -2.32. The highest BCUT2D eigenvalue weighted by Crippen LogP contribution is 2.10. The van der Waals surface area contributed by atoms with Crippen molar-refractivity contribution < 1.29 is 19.4 Å². The number of aliphatic carboxylic acids is 1. The van der Waals surface area contributed by atoms with Crippen LogP contribution in [-0.4, -0.2) is 17.2 Å². The molecule has 1 atom stereocenters. The summed E-state index contributed by atoms with van der Waals surface area (Å²) in [4.78, 5) is 20.3. The standard InChI is InChI=1S/C7H11O4P/c1-6(7(8)9)4-2-3-5-12(10)11/h4H,2-3,5H2,1H3,(H,8,9). The van der Waals surface area contributed by atoms with Crippen LogP contribution in [0.4, 0.5) is 0 Å². The summed E-state index contributed by atoms with van der Waals surface area (Å²) in [7, 11) is -2.32. The van der Waals surface area contributed by atoms with Crippen LogP contribution in [0.5, 0.6) is 0 Å². The molecule has 0 fully saturated rings. The lowest BCUT2D eigenvalue weighted by Crippen LogP contribution is -1.96.